The summed E-state index contributed by atoms with van der Waals surface area (Å²) < 4.78 is 2.72. The second kappa shape index (κ2) is 3.50. The number of aromatic nitrogens is 1. The number of fused-ring (bicyclic) bond motifs is 1. The molecule has 0 unspecified atom stereocenters. The highest BCUT2D eigenvalue weighted by Crippen LogP contribution is 2.20. The zero-order valence-corrected chi connectivity index (χ0v) is 9.48. The monoisotopic (exact) mass is 236 g/mol. The van der Waals surface area contributed by atoms with E-state index in [1.165, 1.54) is 11.5 Å². The number of hydrogen-bond donors (Lipinski definition) is 0. The van der Waals surface area contributed by atoms with Gasteiger partial charge in [0.05, 0.1) is 16.6 Å². The summed E-state index contributed by atoms with van der Waals surface area (Å²) in [6, 6.07) is 7.68. The fourth-order valence-corrected chi connectivity index (χ4v) is 3.47. The molecule has 0 fully saturated rings. The van der Waals surface area contributed by atoms with Crippen molar-refractivity contribution in [2.45, 2.75) is 0 Å². The van der Waals surface area contributed by atoms with Crippen molar-refractivity contribution in [3.05, 3.63) is 34.6 Å². The van der Waals surface area contributed by atoms with E-state index in [1.807, 2.05) is 24.3 Å². The molecule has 76 valence electrons. The number of aliphatic imine (C=N–C) groups is 1. The van der Waals surface area contributed by atoms with E-state index >= 15 is 0 Å². The highest BCUT2D eigenvalue weighted by atomic mass is 32.2. The smallest absolute Gasteiger partial charge is 0.267 e. The Hall–Kier alpha value is -1.07. The minimum Gasteiger partial charge on any atom is -0.267 e. The second-order valence-corrected chi connectivity index (χ2v) is 5.25. The first-order valence-corrected chi connectivity index (χ1v) is 6.41. The largest absolute Gasteiger partial charge is 0.274 e. The highest BCUT2D eigenvalue weighted by molar-refractivity contribution is 8.14. The highest BCUT2D eigenvalue weighted by Gasteiger charge is 2.15. The van der Waals surface area contributed by atoms with E-state index < -0.39 is 0 Å². The lowest BCUT2D eigenvalue weighted by molar-refractivity contribution is 1.14. The molecule has 0 bridgehead atoms. The van der Waals surface area contributed by atoms with Crippen molar-refractivity contribution >= 4 is 38.5 Å². The van der Waals surface area contributed by atoms with Gasteiger partial charge in [-0.3, -0.25) is 9.79 Å². The third kappa shape index (κ3) is 1.42. The fraction of sp³-hybridized carbons (Fsp3) is 0.200. The molecule has 0 spiro atoms. The molecule has 0 N–H and O–H groups in total. The van der Waals surface area contributed by atoms with Crippen LogP contribution in [0.25, 0.3) is 10.1 Å². The zero-order valence-electron chi connectivity index (χ0n) is 7.84. The summed E-state index contributed by atoms with van der Waals surface area (Å²) in [5, 5.41) is 1.64. The molecule has 1 aliphatic rings. The van der Waals surface area contributed by atoms with Gasteiger partial charge in [0.2, 0.25) is 0 Å². The van der Waals surface area contributed by atoms with Gasteiger partial charge in [-0.1, -0.05) is 23.9 Å². The maximum atomic E-state index is 12.0. The molecule has 0 amide bonds. The summed E-state index contributed by atoms with van der Waals surface area (Å²) in [7, 11) is 0. The molecule has 1 aliphatic heterocycles. The van der Waals surface area contributed by atoms with Crippen LogP contribution >= 0.6 is 23.3 Å². The Labute approximate surface area is 94.6 Å². The lowest BCUT2D eigenvalue weighted by Crippen LogP contribution is -2.17. The summed E-state index contributed by atoms with van der Waals surface area (Å²) in [5.74, 6) is 0.982. The van der Waals surface area contributed by atoms with E-state index in [4.69, 9.17) is 0 Å². The summed E-state index contributed by atoms with van der Waals surface area (Å²) in [6.07, 6.45) is 0. The van der Waals surface area contributed by atoms with E-state index in [1.54, 1.807) is 15.7 Å². The van der Waals surface area contributed by atoms with Gasteiger partial charge in [-0.05, 0) is 23.7 Å². The number of benzene rings is 1. The Morgan fingerprint density at radius 2 is 2.20 bits per heavy atom. The standard InChI is InChI=1S/C10H8N2OS2/c13-9-7-3-1-2-4-8(7)15-12(9)10-11-5-6-14-10/h1-4H,5-6H2. The minimum absolute atomic E-state index is 0.0590. The van der Waals surface area contributed by atoms with E-state index in [2.05, 4.69) is 4.99 Å². The van der Waals surface area contributed by atoms with Crippen molar-refractivity contribution in [3.8, 4) is 0 Å². The molecule has 2 aromatic rings. The van der Waals surface area contributed by atoms with Crippen molar-refractivity contribution < 1.29 is 0 Å². The second-order valence-electron chi connectivity index (χ2n) is 3.20. The van der Waals surface area contributed by atoms with Gasteiger partial charge in [0.25, 0.3) is 5.56 Å². The summed E-state index contributed by atoms with van der Waals surface area (Å²) in [5.41, 5.74) is 0.0590. The molecule has 1 aromatic carbocycles. The number of thioether (sulfide) groups is 1. The summed E-state index contributed by atoms with van der Waals surface area (Å²) in [4.78, 5) is 16.3. The Kier molecular flexibility index (Phi) is 2.14. The van der Waals surface area contributed by atoms with Crippen LogP contribution in [0.3, 0.4) is 0 Å². The Bertz CT molecular complexity index is 597. The average molecular weight is 236 g/mol. The first-order valence-electron chi connectivity index (χ1n) is 4.65. The van der Waals surface area contributed by atoms with Gasteiger partial charge >= 0.3 is 0 Å². The minimum atomic E-state index is 0.0590. The van der Waals surface area contributed by atoms with E-state index in [-0.39, 0.29) is 5.56 Å². The molecular formula is C10H8N2OS2. The van der Waals surface area contributed by atoms with Gasteiger partial charge < -0.3 is 0 Å². The zero-order chi connectivity index (χ0) is 10.3. The summed E-state index contributed by atoms with van der Waals surface area (Å²) in [6.45, 7) is 0.820. The summed E-state index contributed by atoms with van der Waals surface area (Å²) >= 11 is 3.12. The van der Waals surface area contributed by atoms with E-state index in [9.17, 15) is 4.79 Å². The van der Waals surface area contributed by atoms with Crippen molar-refractivity contribution in [1.82, 2.24) is 3.96 Å². The molecule has 0 atom stereocenters. The molecule has 3 nitrogen and oxygen atoms in total. The molecule has 1 aromatic heterocycles. The van der Waals surface area contributed by atoms with E-state index in [0.29, 0.717) is 0 Å². The number of rotatable bonds is 0. The number of nitrogens with zero attached hydrogens (tertiary/aromatic N) is 2. The predicted molar refractivity (Wildman–Crippen MR) is 66.2 cm³/mol. The topological polar surface area (TPSA) is 34.4 Å². The van der Waals surface area contributed by atoms with Gasteiger partial charge in [-0.2, -0.15) is 0 Å². The van der Waals surface area contributed by atoms with Crippen LogP contribution < -0.4 is 5.56 Å². The lowest BCUT2D eigenvalue weighted by atomic mass is 10.3. The molecular weight excluding hydrogens is 228 g/mol. The van der Waals surface area contributed by atoms with Crippen LogP contribution in [-0.2, 0) is 0 Å². The average Bonchev–Trinajstić information content (AvgIpc) is 2.87. The third-order valence-corrected chi connectivity index (χ3v) is 4.38. The van der Waals surface area contributed by atoms with Crippen molar-refractivity contribution in [1.29, 1.82) is 0 Å². The molecule has 2 heterocycles. The molecule has 0 saturated carbocycles. The molecule has 15 heavy (non-hydrogen) atoms. The predicted octanol–water partition coefficient (Wildman–Crippen LogP) is 2.01. The van der Waals surface area contributed by atoms with Crippen molar-refractivity contribution in [2.24, 2.45) is 4.99 Å². The maximum absolute atomic E-state index is 12.0. The SMILES string of the molecule is O=c1c2ccccc2sn1C1=NCCS1. The van der Waals surface area contributed by atoms with Gasteiger partial charge in [-0.25, -0.2) is 3.96 Å². The maximum Gasteiger partial charge on any atom is 0.274 e. The molecule has 0 saturated heterocycles. The first kappa shape index (κ1) is 9.18. The third-order valence-electron chi connectivity index (χ3n) is 2.23. The van der Waals surface area contributed by atoms with Crippen LogP contribution in [0.2, 0.25) is 0 Å². The molecule has 3 rings (SSSR count). The Balaban J connectivity index is 2.28. The van der Waals surface area contributed by atoms with Crippen LogP contribution in [-0.4, -0.2) is 21.4 Å². The van der Waals surface area contributed by atoms with E-state index in [0.717, 1.165) is 27.6 Å². The van der Waals surface area contributed by atoms with Crippen LogP contribution in [0.5, 0.6) is 0 Å². The first-order chi connectivity index (χ1) is 7.36. The van der Waals surface area contributed by atoms with Gasteiger partial charge in [0.1, 0.15) is 0 Å². The van der Waals surface area contributed by atoms with Gasteiger partial charge in [0.15, 0.2) is 5.17 Å². The van der Waals surface area contributed by atoms with Gasteiger partial charge in [0, 0.05) is 5.75 Å². The van der Waals surface area contributed by atoms with Crippen LogP contribution in [0, 0.1) is 0 Å². The van der Waals surface area contributed by atoms with Gasteiger partial charge in [-0.15, -0.1) is 0 Å². The fourth-order valence-electron chi connectivity index (χ4n) is 1.54. The quantitative estimate of drug-likeness (QED) is 0.701. The Morgan fingerprint density at radius 3 is 2.93 bits per heavy atom. The van der Waals surface area contributed by atoms with Crippen LogP contribution in [0.15, 0.2) is 34.1 Å². The molecule has 5 heteroatoms. The molecule has 0 radical (unpaired) electrons. The van der Waals surface area contributed by atoms with Crippen LogP contribution in [0.1, 0.15) is 0 Å². The molecule has 0 aliphatic carbocycles. The normalized spacial score (nSPS) is 15.9. The Morgan fingerprint density at radius 1 is 1.33 bits per heavy atom. The van der Waals surface area contributed by atoms with Crippen LogP contribution in [0.4, 0.5) is 0 Å². The number of hydrogen-bond acceptors (Lipinski definition) is 4. The van der Waals surface area contributed by atoms with Crippen molar-refractivity contribution in [2.75, 3.05) is 12.3 Å². The van der Waals surface area contributed by atoms with Crippen molar-refractivity contribution in [3.63, 3.8) is 0 Å². The lowest BCUT2D eigenvalue weighted by Gasteiger charge is -1.94.